The molecule has 2 aromatic rings. The molecule has 0 N–H and O–H groups in total. The minimum atomic E-state index is 0.252. The van der Waals surface area contributed by atoms with Crippen LogP contribution >= 0.6 is 0 Å². The van der Waals surface area contributed by atoms with Crippen LogP contribution in [0.25, 0.3) is 11.3 Å². The number of likely N-dealkylation sites (tertiary alicyclic amines) is 1. The summed E-state index contributed by atoms with van der Waals surface area (Å²) in [6.07, 6.45) is 9.49. The summed E-state index contributed by atoms with van der Waals surface area (Å²) in [7, 11) is 1.97. The van der Waals surface area contributed by atoms with E-state index >= 15 is 0 Å². The molecule has 0 unspecified atom stereocenters. The molecule has 7 heteroatoms. The highest BCUT2D eigenvalue weighted by Crippen LogP contribution is 2.41. The van der Waals surface area contributed by atoms with Gasteiger partial charge in [-0.2, -0.15) is 5.10 Å². The standard InChI is InChI=1S/C22H30N6O/c1-15-12-17(15)21(29)28-11-5-6-16(13-28)20-18(14-26(2)25-20)19-7-8-23-22(24-19)27-9-3-4-10-27/h7-8,14-17H,3-6,9-13H2,1-2H3/t15-,16-,17+/m1/s1. The zero-order valence-electron chi connectivity index (χ0n) is 17.4. The first-order valence-corrected chi connectivity index (χ1v) is 11.0. The SMILES string of the molecule is C[C@@H]1C[C@@H]1C(=O)N1CCC[C@@H](c2nn(C)cc2-c2ccnc(N3CCCC3)n2)C1. The van der Waals surface area contributed by atoms with Crippen molar-refractivity contribution >= 4 is 11.9 Å². The minimum absolute atomic E-state index is 0.252. The van der Waals surface area contributed by atoms with Gasteiger partial charge in [-0.25, -0.2) is 9.97 Å². The molecule has 3 fully saturated rings. The van der Waals surface area contributed by atoms with E-state index in [1.807, 2.05) is 24.0 Å². The third-order valence-electron chi connectivity index (χ3n) is 6.71. The van der Waals surface area contributed by atoms with Crippen molar-refractivity contribution in [1.82, 2.24) is 24.6 Å². The van der Waals surface area contributed by atoms with Gasteiger partial charge in [0.15, 0.2) is 0 Å². The molecule has 5 rings (SSSR count). The van der Waals surface area contributed by atoms with Gasteiger partial charge < -0.3 is 9.80 Å². The minimum Gasteiger partial charge on any atom is -0.342 e. The van der Waals surface area contributed by atoms with Gasteiger partial charge in [0.25, 0.3) is 0 Å². The number of nitrogens with zero attached hydrogens (tertiary/aromatic N) is 6. The van der Waals surface area contributed by atoms with E-state index in [4.69, 9.17) is 10.1 Å². The maximum atomic E-state index is 12.8. The molecule has 2 aliphatic heterocycles. The fourth-order valence-electron chi connectivity index (χ4n) is 4.87. The summed E-state index contributed by atoms with van der Waals surface area (Å²) in [4.78, 5) is 26.5. The van der Waals surface area contributed by atoms with Crippen molar-refractivity contribution in [1.29, 1.82) is 0 Å². The summed E-state index contributed by atoms with van der Waals surface area (Å²) < 4.78 is 1.88. The second-order valence-corrected chi connectivity index (χ2v) is 8.98. The van der Waals surface area contributed by atoms with Crippen LogP contribution in [0.5, 0.6) is 0 Å². The number of hydrogen-bond donors (Lipinski definition) is 0. The van der Waals surface area contributed by atoms with Gasteiger partial charge in [-0.15, -0.1) is 0 Å². The van der Waals surface area contributed by atoms with Crippen molar-refractivity contribution < 1.29 is 4.79 Å². The van der Waals surface area contributed by atoms with E-state index in [2.05, 4.69) is 27.9 Å². The van der Waals surface area contributed by atoms with Crippen LogP contribution in [0.3, 0.4) is 0 Å². The summed E-state index contributed by atoms with van der Waals surface area (Å²) in [6.45, 7) is 5.89. The smallest absolute Gasteiger partial charge is 0.225 e. The highest BCUT2D eigenvalue weighted by molar-refractivity contribution is 5.81. The topological polar surface area (TPSA) is 67.2 Å². The average molecular weight is 395 g/mol. The molecule has 2 saturated heterocycles. The first-order chi connectivity index (χ1) is 14.1. The van der Waals surface area contributed by atoms with Crippen LogP contribution in [0.1, 0.15) is 50.6 Å². The molecule has 1 aliphatic carbocycles. The third-order valence-corrected chi connectivity index (χ3v) is 6.71. The van der Waals surface area contributed by atoms with Gasteiger partial charge >= 0.3 is 0 Å². The molecule has 3 atom stereocenters. The van der Waals surface area contributed by atoms with E-state index in [9.17, 15) is 4.79 Å². The van der Waals surface area contributed by atoms with Gasteiger partial charge in [-0.3, -0.25) is 9.48 Å². The number of amides is 1. The predicted molar refractivity (Wildman–Crippen MR) is 112 cm³/mol. The normalized spacial score (nSPS) is 26.8. The maximum absolute atomic E-state index is 12.8. The lowest BCUT2D eigenvalue weighted by atomic mass is 9.91. The highest BCUT2D eigenvalue weighted by Gasteiger charge is 2.42. The zero-order chi connectivity index (χ0) is 20.0. The molecule has 154 valence electrons. The number of carbonyl (C=O) groups is 1. The number of hydrogen-bond acceptors (Lipinski definition) is 5. The van der Waals surface area contributed by atoms with Crippen LogP contribution in [-0.4, -0.2) is 56.7 Å². The lowest BCUT2D eigenvalue weighted by Gasteiger charge is -2.32. The average Bonchev–Trinajstić information content (AvgIpc) is 3.14. The van der Waals surface area contributed by atoms with E-state index < -0.39 is 0 Å². The fourth-order valence-corrected chi connectivity index (χ4v) is 4.87. The second-order valence-electron chi connectivity index (χ2n) is 8.98. The van der Waals surface area contributed by atoms with Crippen LogP contribution < -0.4 is 4.90 Å². The fraction of sp³-hybridized carbons (Fsp3) is 0.636. The monoisotopic (exact) mass is 394 g/mol. The first kappa shape index (κ1) is 18.6. The Morgan fingerprint density at radius 1 is 1.17 bits per heavy atom. The molecule has 4 heterocycles. The summed E-state index contributed by atoms with van der Waals surface area (Å²) in [5.74, 6) is 2.24. The molecule has 0 radical (unpaired) electrons. The molecule has 0 spiro atoms. The molecule has 7 nitrogen and oxygen atoms in total. The maximum Gasteiger partial charge on any atom is 0.225 e. The number of carbonyl (C=O) groups excluding carboxylic acids is 1. The van der Waals surface area contributed by atoms with E-state index in [-0.39, 0.29) is 11.8 Å². The molecule has 0 aromatic carbocycles. The lowest BCUT2D eigenvalue weighted by Crippen LogP contribution is -2.40. The molecule has 0 bridgehead atoms. The quantitative estimate of drug-likeness (QED) is 0.798. The van der Waals surface area contributed by atoms with Crippen molar-refractivity contribution in [2.75, 3.05) is 31.1 Å². The van der Waals surface area contributed by atoms with Crippen molar-refractivity contribution in [2.24, 2.45) is 18.9 Å². The Kier molecular flexibility index (Phi) is 4.76. The van der Waals surface area contributed by atoms with Gasteiger partial charge in [0.2, 0.25) is 11.9 Å². The number of rotatable bonds is 4. The number of aryl methyl sites for hydroxylation is 1. The van der Waals surface area contributed by atoms with Crippen LogP contribution in [0.2, 0.25) is 0 Å². The molecular weight excluding hydrogens is 364 g/mol. The Morgan fingerprint density at radius 3 is 2.72 bits per heavy atom. The van der Waals surface area contributed by atoms with Crippen LogP contribution in [0, 0.1) is 11.8 Å². The molecule has 1 amide bonds. The number of piperidine rings is 1. The Bertz CT molecular complexity index is 902. The lowest BCUT2D eigenvalue weighted by molar-refractivity contribution is -0.134. The Balaban J connectivity index is 1.41. The number of anilines is 1. The molecule has 29 heavy (non-hydrogen) atoms. The van der Waals surface area contributed by atoms with Gasteiger partial charge in [0, 0.05) is 63.0 Å². The van der Waals surface area contributed by atoms with Crippen molar-refractivity contribution in [3.8, 4) is 11.3 Å². The Labute approximate surface area is 172 Å². The highest BCUT2D eigenvalue weighted by atomic mass is 16.2. The van der Waals surface area contributed by atoms with Crippen LogP contribution in [0.4, 0.5) is 5.95 Å². The summed E-state index contributed by atoms with van der Waals surface area (Å²) in [6, 6.07) is 1.98. The summed E-state index contributed by atoms with van der Waals surface area (Å²) in [5.41, 5.74) is 3.08. The number of aromatic nitrogens is 4. The van der Waals surface area contributed by atoms with Gasteiger partial charge in [-0.1, -0.05) is 6.92 Å². The summed E-state index contributed by atoms with van der Waals surface area (Å²) in [5, 5.41) is 4.81. The molecular formula is C22H30N6O. The Hall–Kier alpha value is -2.44. The second kappa shape index (κ2) is 7.43. The Morgan fingerprint density at radius 2 is 1.97 bits per heavy atom. The van der Waals surface area contributed by atoms with Gasteiger partial charge in [-0.05, 0) is 44.1 Å². The van der Waals surface area contributed by atoms with Gasteiger partial charge in [0.1, 0.15) is 0 Å². The third kappa shape index (κ3) is 3.63. The molecule has 2 aromatic heterocycles. The van der Waals surface area contributed by atoms with Crippen molar-refractivity contribution in [3.05, 3.63) is 24.2 Å². The first-order valence-electron chi connectivity index (χ1n) is 11.0. The zero-order valence-corrected chi connectivity index (χ0v) is 17.4. The van der Waals surface area contributed by atoms with Crippen molar-refractivity contribution in [3.63, 3.8) is 0 Å². The van der Waals surface area contributed by atoms with E-state index in [0.29, 0.717) is 11.8 Å². The van der Waals surface area contributed by atoms with E-state index in [0.717, 1.165) is 68.3 Å². The van der Waals surface area contributed by atoms with E-state index in [1.54, 1.807) is 0 Å². The summed E-state index contributed by atoms with van der Waals surface area (Å²) >= 11 is 0. The van der Waals surface area contributed by atoms with Crippen LogP contribution in [0.15, 0.2) is 18.5 Å². The predicted octanol–water partition coefficient (Wildman–Crippen LogP) is 2.84. The van der Waals surface area contributed by atoms with Gasteiger partial charge in [0.05, 0.1) is 11.4 Å². The van der Waals surface area contributed by atoms with E-state index in [1.165, 1.54) is 12.8 Å². The largest absolute Gasteiger partial charge is 0.342 e. The van der Waals surface area contributed by atoms with Crippen LogP contribution in [-0.2, 0) is 11.8 Å². The molecule has 1 saturated carbocycles. The van der Waals surface area contributed by atoms with Crippen molar-refractivity contribution in [2.45, 2.75) is 44.9 Å². The molecule has 3 aliphatic rings.